The minimum Gasteiger partial charge on any atom is -0.496 e. The Bertz CT molecular complexity index is 1630. The molecule has 3 heterocycles. The van der Waals surface area contributed by atoms with E-state index in [0.717, 1.165) is 93.1 Å². The van der Waals surface area contributed by atoms with Crippen molar-refractivity contribution in [3.63, 3.8) is 0 Å². The maximum Gasteiger partial charge on any atom is 0.226 e. The van der Waals surface area contributed by atoms with E-state index in [2.05, 4.69) is 77.9 Å². The summed E-state index contributed by atoms with van der Waals surface area (Å²) in [6.45, 7) is 18.5. The largest absolute Gasteiger partial charge is 0.496 e. The van der Waals surface area contributed by atoms with Gasteiger partial charge in [0.15, 0.2) is 0 Å². The van der Waals surface area contributed by atoms with Crippen molar-refractivity contribution in [3.05, 3.63) is 94.0 Å². The molecule has 0 atom stereocenters. The predicted molar refractivity (Wildman–Crippen MR) is 214 cm³/mol. The lowest BCUT2D eigenvalue weighted by Crippen LogP contribution is -2.42. The number of amides is 3. The number of rotatable bonds is 11. The number of hydrogen-bond donors (Lipinski definition) is 0. The Balaban J connectivity index is 0.000000178. The van der Waals surface area contributed by atoms with E-state index in [1.54, 1.807) is 14.2 Å². The summed E-state index contributed by atoms with van der Waals surface area (Å²) in [6.07, 6.45) is 6.10. The molecule has 0 aromatic heterocycles. The molecule has 8 nitrogen and oxygen atoms in total. The second-order valence-corrected chi connectivity index (χ2v) is 15.4. The first-order valence-electron chi connectivity index (χ1n) is 19.7. The Morgan fingerprint density at radius 2 is 0.830 bits per heavy atom. The van der Waals surface area contributed by atoms with E-state index in [1.807, 2.05) is 39.0 Å². The van der Waals surface area contributed by atoms with E-state index in [1.165, 1.54) is 16.7 Å². The fourth-order valence-electron chi connectivity index (χ4n) is 6.66. The van der Waals surface area contributed by atoms with Gasteiger partial charge in [0.1, 0.15) is 11.5 Å². The fourth-order valence-corrected chi connectivity index (χ4v) is 6.66. The van der Waals surface area contributed by atoms with Crippen LogP contribution >= 0.6 is 0 Å². The quantitative estimate of drug-likeness (QED) is 0.199. The Kier molecular flexibility index (Phi) is 15.8. The minimum atomic E-state index is 0.223. The van der Waals surface area contributed by atoms with Crippen molar-refractivity contribution in [2.45, 2.75) is 104 Å². The maximum absolute atomic E-state index is 12.1. The van der Waals surface area contributed by atoms with Crippen LogP contribution in [0.2, 0.25) is 0 Å². The van der Waals surface area contributed by atoms with Crippen LogP contribution in [0.3, 0.4) is 0 Å². The van der Waals surface area contributed by atoms with Gasteiger partial charge in [-0.2, -0.15) is 0 Å². The second-order valence-electron chi connectivity index (χ2n) is 15.4. The van der Waals surface area contributed by atoms with Gasteiger partial charge in [-0.15, -0.1) is 0 Å². The van der Waals surface area contributed by atoms with Gasteiger partial charge in [-0.1, -0.05) is 90.1 Å². The van der Waals surface area contributed by atoms with Crippen molar-refractivity contribution >= 4 is 17.7 Å². The molecular weight excluding hydrogens is 663 g/mol. The third kappa shape index (κ3) is 12.1. The van der Waals surface area contributed by atoms with Crippen molar-refractivity contribution in [1.29, 1.82) is 0 Å². The van der Waals surface area contributed by atoms with Crippen LogP contribution < -0.4 is 9.47 Å². The summed E-state index contributed by atoms with van der Waals surface area (Å²) in [7, 11) is 3.37. The molecular formula is C45H63N3O5. The van der Waals surface area contributed by atoms with Crippen LogP contribution in [0.4, 0.5) is 0 Å². The lowest BCUT2D eigenvalue weighted by atomic mass is 9.99. The molecule has 288 valence electrons. The van der Waals surface area contributed by atoms with E-state index in [4.69, 9.17) is 9.47 Å². The summed E-state index contributed by atoms with van der Waals surface area (Å²) < 4.78 is 10.8. The molecule has 0 spiro atoms. The average Bonchev–Trinajstić information content (AvgIpc) is 3.63. The Hall–Kier alpha value is -4.33. The van der Waals surface area contributed by atoms with Crippen molar-refractivity contribution in [3.8, 4) is 11.5 Å². The van der Waals surface area contributed by atoms with Crippen LogP contribution in [0.15, 0.2) is 60.7 Å². The summed E-state index contributed by atoms with van der Waals surface area (Å²) in [5, 5.41) is 0. The van der Waals surface area contributed by atoms with Gasteiger partial charge >= 0.3 is 0 Å². The Morgan fingerprint density at radius 3 is 1.13 bits per heavy atom. The lowest BCUT2D eigenvalue weighted by molar-refractivity contribution is -0.134. The topological polar surface area (TPSA) is 79.4 Å². The number of carbonyl (C=O) groups is 3. The molecule has 3 amide bonds. The van der Waals surface area contributed by atoms with E-state index in [0.29, 0.717) is 37.0 Å². The van der Waals surface area contributed by atoms with Crippen LogP contribution in [-0.4, -0.2) is 85.9 Å². The number of carbonyl (C=O) groups excluding carboxylic acids is 3. The van der Waals surface area contributed by atoms with E-state index >= 15 is 0 Å². The number of ether oxygens (including phenoxy) is 2. The van der Waals surface area contributed by atoms with Gasteiger partial charge in [0.05, 0.1) is 33.5 Å². The number of nitrogens with zero attached hydrogens (tertiary/aromatic N) is 3. The fraction of sp³-hybridized carbons (Fsp3) is 0.533. The summed E-state index contributed by atoms with van der Waals surface area (Å²) in [5.74, 6) is 3.92. The van der Waals surface area contributed by atoms with Gasteiger partial charge < -0.3 is 24.2 Å². The summed E-state index contributed by atoms with van der Waals surface area (Å²) in [4.78, 5) is 41.5. The van der Waals surface area contributed by atoms with Gasteiger partial charge in [-0.05, 0) is 89.0 Å². The molecule has 3 aromatic rings. The van der Waals surface area contributed by atoms with E-state index in [-0.39, 0.29) is 17.7 Å². The third-order valence-electron chi connectivity index (χ3n) is 10.4. The normalized spacial score (nSPS) is 14.9. The number of benzene rings is 3. The Labute approximate surface area is 318 Å². The van der Waals surface area contributed by atoms with Gasteiger partial charge in [0.25, 0.3) is 0 Å². The first-order valence-corrected chi connectivity index (χ1v) is 19.7. The molecule has 6 rings (SSSR count). The molecule has 53 heavy (non-hydrogen) atoms. The summed E-state index contributed by atoms with van der Waals surface area (Å²) in [5.41, 5.74) is 6.92. The predicted octanol–water partition coefficient (Wildman–Crippen LogP) is 8.16. The highest BCUT2D eigenvalue weighted by Gasteiger charge is 2.22. The molecule has 3 aliphatic heterocycles. The van der Waals surface area contributed by atoms with Crippen molar-refractivity contribution in [1.82, 2.24) is 14.7 Å². The highest BCUT2D eigenvalue weighted by Crippen LogP contribution is 2.29. The highest BCUT2D eigenvalue weighted by molar-refractivity contribution is 5.80. The van der Waals surface area contributed by atoms with Crippen LogP contribution in [0, 0.1) is 0 Å². The molecule has 3 aliphatic rings. The zero-order valence-electron chi connectivity index (χ0n) is 33.6. The molecule has 0 radical (unpaired) electrons. The van der Waals surface area contributed by atoms with Crippen LogP contribution in [0.5, 0.6) is 11.5 Å². The zero-order chi connectivity index (χ0) is 38.5. The average molecular weight is 726 g/mol. The summed E-state index contributed by atoms with van der Waals surface area (Å²) in [6, 6.07) is 20.6. The molecule has 0 saturated carbocycles. The van der Waals surface area contributed by atoms with Gasteiger partial charge in [0.2, 0.25) is 17.7 Å². The van der Waals surface area contributed by atoms with E-state index < -0.39 is 0 Å². The van der Waals surface area contributed by atoms with Gasteiger partial charge in [0, 0.05) is 39.3 Å². The van der Waals surface area contributed by atoms with E-state index in [9.17, 15) is 14.4 Å². The molecule has 8 heteroatoms. The number of likely N-dealkylation sites (tertiary alicyclic amines) is 3. The van der Waals surface area contributed by atoms with Crippen molar-refractivity contribution in [2.75, 3.05) is 53.5 Å². The monoisotopic (exact) mass is 725 g/mol. The highest BCUT2D eigenvalue weighted by atomic mass is 16.5. The first kappa shape index (κ1) is 41.4. The molecule has 0 N–H and O–H groups in total. The van der Waals surface area contributed by atoms with Gasteiger partial charge in [-0.25, -0.2) is 0 Å². The molecule has 3 saturated heterocycles. The van der Waals surface area contributed by atoms with Crippen LogP contribution in [0.25, 0.3) is 0 Å². The molecule has 0 aliphatic carbocycles. The molecule has 3 fully saturated rings. The SMILES string of the molecule is CC(C)c1ccc(CC(=O)N2CCC2)cc1.COc1cc(CC(=O)N2CCC2)ccc1C(C)C.COc1cc(CC(=O)N2CCCC2)ccc1C(C)C. The smallest absolute Gasteiger partial charge is 0.226 e. The molecule has 0 bridgehead atoms. The summed E-state index contributed by atoms with van der Waals surface area (Å²) >= 11 is 0. The zero-order valence-corrected chi connectivity index (χ0v) is 33.6. The standard InChI is InChI=1S/C16H23NO2.C15H21NO2.C14H19NO/c1-12(2)14-7-6-13(10-15(14)19-3)11-16(18)17-8-4-5-9-17;1-11(2)13-6-5-12(9-14(13)18-3)10-15(17)16-7-4-8-16;1-11(2)13-6-4-12(5-7-13)10-14(16)15-8-3-9-15/h6-7,10,12H,4-5,8-9,11H2,1-3H3;5-6,9,11H,4,7-8,10H2,1-3H3;4-7,11H,3,8-10H2,1-2H3. The minimum absolute atomic E-state index is 0.223. The first-order chi connectivity index (χ1) is 25.4. The van der Waals surface area contributed by atoms with Crippen molar-refractivity contribution in [2.24, 2.45) is 0 Å². The second kappa shape index (κ2) is 20.2. The van der Waals surface area contributed by atoms with Gasteiger partial charge in [-0.3, -0.25) is 14.4 Å². The molecule has 3 aromatic carbocycles. The lowest BCUT2D eigenvalue weighted by Gasteiger charge is -2.31. The van der Waals surface area contributed by atoms with Crippen LogP contribution in [0.1, 0.15) is 118 Å². The number of hydrogen-bond acceptors (Lipinski definition) is 5. The van der Waals surface area contributed by atoms with Crippen molar-refractivity contribution < 1.29 is 23.9 Å². The Morgan fingerprint density at radius 1 is 0.491 bits per heavy atom. The maximum atomic E-state index is 12.1. The number of methoxy groups -OCH3 is 2. The molecule has 0 unspecified atom stereocenters. The van der Waals surface area contributed by atoms with Crippen LogP contribution in [-0.2, 0) is 33.6 Å². The third-order valence-corrected chi connectivity index (χ3v) is 10.4.